The van der Waals surface area contributed by atoms with Crippen LogP contribution in [0.15, 0.2) is 0 Å². The Hall–Kier alpha value is -0.900. The number of nitrogens with one attached hydrogen (secondary N) is 1. The van der Waals surface area contributed by atoms with Crippen LogP contribution in [0.25, 0.3) is 0 Å². The molecule has 0 heterocycles. The van der Waals surface area contributed by atoms with E-state index in [0.717, 1.165) is 0 Å². The molecule has 1 unspecified atom stereocenters. The van der Waals surface area contributed by atoms with E-state index in [0.29, 0.717) is 25.8 Å². The maximum absolute atomic E-state index is 11.6. The van der Waals surface area contributed by atoms with E-state index in [1.54, 1.807) is 6.92 Å². The first-order chi connectivity index (χ1) is 7.30. The second kappa shape index (κ2) is 4.95. The third-order valence-electron chi connectivity index (χ3n) is 2.91. The molecule has 1 rings (SSSR count). The molecule has 0 radical (unpaired) electrons. The lowest BCUT2D eigenvalue weighted by molar-refractivity contribution is -0.138. The molecule has 0 bridgehead atoms. The van der Waals surface area contributed by atoms with Gasteiger partial charge in [-0.1, -0.05) is 13.8 Å². The number of aliphatic hydroxyl groups excluding tert-OH is 1. The van der Waals surface area contributed by atoms with Gasteiger partial charge in [0.15, 0.2) is 0 Å². The van der Waals surface area contributed by atoms with Gasteiger partial charge in [-0.05, 0) is 18.8 Å². The molecule has 1 fully saturated rings. The van der Waals surface area contributed by atoms with Crippen LogP contribution in [-0.2, 0) is 9.59 Å². The highest BCUT2D eigenvalue weighted by Crippen LogP contribution is 2.24. The van der Waals surface area contributed by atoms with E-state index in [9.17, 15) is 14.7 Å². The molecule has 0 aromatic rings. The van der Waals surface area contributed by atoms with Crippen LogP contribution in [-0.4, -0.2) is 29.4 Å². The van der Waals surface area contributed by atoms with Crippen LogP contribution < -0.4 is 5.32 Å². The normalized spacial score (nSPS) is 19.1. The van der Waals surface area contributed by atoms with Crippen molar-refractivity contribution in [3.05, 3.63) is 0 Å². The second-order valence-corrected chi connectivity index (χ2v) is 5.58. The number of Topliss-reactive ketones (excluding diaryl/α,β-unsaturated/α-hetero) is 1. The van der Waals surface area contributed by atoms with Crippen LogP contribution in [0.1, 0.15) is 40.0 Å². The predicted molar refractivity (Wildman–Crippen MR) is 60.8 cm³/mol. The summed E-state index contributed by atoms with van der Waals surface area (Å²) in [5.41, 5.74) is -0.114. The highest BCUT2D eigenvalue weighted by Gasteiger charge is 2.33. The fourth-order valence-corrected chi connectivity index (χ4v) is 2.02. The fraction of sp³-hybridized carbons (Fsp3) is 0.833. The van der Waals surface area contributed by atoms with Crippen molar-refractivity contribution >= 4 is 11.7 Å². The van der Waals surface area contributed by atoms with Gasteiger partial charge in [-0.15, -0.1) is 0 Å². The second-order valence-electron chi connectivity index (χ2n) is 5.58. The average molecular weight is 227 g/mol. The largest absolute Gasteiger partial charge is 0.393 e. The predicted octanol–water partition coefficient (Wildman–Crippen LogP) is 0.879. The smallest absolute Gasteiger partial charge is 0.224 e. The SMILES string of the molecule is CC(O)CC(C)(C)CNC(=O)C1CC(=O)C1. The molecule has 1 aliphatic rings. The van der Waals surface area contributed by atoms with Crippen molar-refractivity contribution in [2.45, 2.75) is 46.1 Å². The van der Waals surface area contributed by atoms with Crippen molar-refractivity contribution in [3.8, 4) is 0 Å². The number of ketones is 1. The lowest BCUT2D eigenvalue weighted by Gasteiger charge is -2.29. The highest BCUT2D eigenvalue weighted by molar-refractivity contribution is 5.96. The molecule has 0 aliphatic heterocycles. The van der Waals surface area contributed by atoms with E-state index in [-0.39, 0.29) is 29.1 Å². The molecule has 1 saturated carbocycles. The Morgan fingerprint density at radius 2 is 2.12 bits per heavy atom. The number of amides is 1. The number of rotatable bonds is 5. The number of hydrogen-bond donors (Lipinski definition) is 2. The number of carbonyl (C=O) groups excluding carboxylic acids is 2. The molecular weight excluding hydrogens is 206 g/mol. The summed E-state index contributed by atoms with van der Waals surface area (Å²) >= 11 is 0. The molecule has 0 aromatic heterocycles. The van der Waals surface area contributed by atoms with Gasteiger partial charge in [0, 0.05) is 19.4 Å². The first-order valence-electron chi connectivity index (χ1n) is 5.77. The topological polar surface area (TPSA) is 66.4 Å². The zero-order valence-electron chi connectivity index (χ0n) is 10.2. The van der Waals surface area contributed by atoms with E-state index in [4.69, 9.17) is 0 Å². The zero-order chi connectivity index (χ0) is 12.3. The lowest BCUT2D eigenvalue weighted by Crippen LogP contribution is -2.43. The number of hydrogen-bond acceptors (Lipinski definition) is 3. The van der Waals surface area contributed by atoms with Crippen molar-refractivity contribution < 1.29 is 14.7 Å². The Morgan fingerprint density at radius 3 is 2.56 bits per heavy atom. The van der Waals surface area contributed by atoms with Crippen LogP contribution in [0.3, 0.4) is 0 Å². The van der Waals surface area contributed by atoms with E-state index in [1.807, 2.05) is 13.8 Å². The summed E-state index contributed by atoms with van der Waals surface area (Å²) in [5, 5.41) is 12.1. The first kappa shape index (κ1) is 13.2. The first-order valence-corrected chi connectivity index (χ1v) is 5.77. The fourth-order valence-electron chi connectivity index (χ4n) is 2.02. The summed E-state index contributed by atoms with van der Waals surface area (Å²) < 4.78 is 0. The Balaban J connectivity index is 2.28. The van der Waals surface area contributed by atoms with Crippen molar-refractivity contribution in [2.75, 3.05) is 6.54 Å². The summed E-state index contributed by atoms with van der Waals surface area (Å²) in [6, 6.07) is 0. The summed E-state index contributed by atoms with van der Waals surface area (Å²) in [6.07, 6.45) is 1.07. The monoisotopic (exact) mass is 227 g/mol. The van der Waals surface area contributed by atoms with Gasteiger partial charge in [0.1, 0.15) is 5.78 Å². The van der Waals surface area contributed by atoms with Crippen LogP contribution in [0.4, 0.5) is 0 Å². The molecule has 2 N–H and O–H groups in total. The third kappa shape index (κ3) is 3.93. The minimum Gasteiger partial charge on any atom is -0.393 e. The molecule has 92 valence electrons. The Kier molecular flexibility index (Phi) is 4.08. The maximum atomic E-state index is 11.6. The van der Waals surface area contributed by atoms with Gasteiger partial charge in [-0.2, -0.15) is 0 Å². The van der Waals surface area contributed by atoms with Crippen LogP contribution in [0.2, 0.25) is 0 Å². The maximum Gasteiger partial charge on any atom is 0.224 e. The lowest BCUT2D eigenvalue weighted by atomic mass is 9.82. The minimum absolute atomic E-state index is 0.0294. The van der Waals surface area contributed by atoms with Gasteiger partial charge < -0.3 is 10.4 Å². The van der Waals surface area contributed by atoms with E-state index in [1.165, 1.54) is 0 Å². The van der Waals surface area contributed by atoms with Crippen molar-refractivity contribution in [1.82, 2.24) is 5.32 Å². The van der Waals surface area contributed by atoms with Crippen molar-refractivity contribution in [2.24, 2.45) is 11.3 Å². The molecule has 1 aliphatic carbocycles. The van der Waals surface area contributed by atoms with E-state index in [2.05, 4.69) is 5.32 Å². The van der Waals surface area contributed by atoms with Gasteiger partial charge >= 0.3 is 0 Å². The molecule has 4 nitrogen and oxygen atoms in total. The van der Waals surface area contributed by atoms with Crippen molar-refractivity contribution in [3.63, 3.8) is 0 Å². The molecule has 1 amide bonds. The number of carbonyl (C=O) groups is 2. The Labute approximate surface area is 96.4 Å². The van der Waals surface area contributed by atoms with Gasteiger partial charge in [0.05, 0.1) is 12.0 Å². The summed E-state index contributed by atoms with van der Waals surface area (Å²) in [6.45, 7) is 6.30. The molecule has 4 heteroatoms. The molecule has 0 saturated heterocycles. The zero-order valence-corrected chi connectivity index (χ0v) is 10.2. The standard InChI is InChI=1S/C12H21NO3/c1-8(14)6-12(2,3)7-13-11(16)9-4-10(15)5-9/h8-9,14H,4-7H2,1-3H3,(H,13,16). The van der Waals surface area contributed by atoms with E-state index < -0.39 is 0 Å². The van der Waals surface area contributed by atoms with E-state index >= 15 is 0 Å². The molecule has 0 aromatic carbocycles. The van der Waals surface area contributed by atoms with Gasteiger partial charge in [0.25, 0.3) is 0 Å². The van der Waals surface area contributed by atoms with Gasteiger partial charge in [-0.25, -0.2) is 0 Å². The quantitative estimate of drug-likeness (QED) is 0.732. The molecule has 0 spiro atoms. The van der Waals surface area contributed by atoms with Crippen molar-refractivity contribution in [1.29, 1.82) is 0 Å². The summed E-state index contributed by atoms with van der Waals surface area (Å²) in [7, 11) is 0. The Bertz CT molecular complexity index is 276. The third-order valence-corrected chi connectivity index (χ3v) is 2.91. The number of aliphatic hydroxyl groups is 1. The summed E-state index contributed by atoms with van der Waals surface area (Å²) in [4.78, 5) is 22.3. The highest BCUT2D eigenvalue weighted by atomic mass is 16.3. The van der Waals surface area contributed by atoms with Gasteiger partial charge in [-0.3, -0.25) is 9.59 Å². The molecular formula is C12H21NO3. The molecule has 16 heavy (non-hydrogen) atoms. The van der Waals surface area contributed by atoms with Gasteiger partial charge in [0.2, 0.25) is 5.91 Å². The van der Waals surface area contributed by atoms with Crippen LogP contribution in [0.5, 0.6) is 0 Å². The van der Waals surface area contributed by atoms with Crippen LogP contribution in [0, 0.1) is 11.3 Å². The Morgan fingerprint density at radius 1 is 1.56 bits per heavy atom. The average Bonchev–Trinajstić information content (AvgIpc) is 2.07. The van der Waals surface area contributed by atoms with Crippen LogP contribution >= 0.6 is 0 Å². The minimum atomic E-state index is -0.364. The summed E-state index contributed by atoms with van der Waals surface area (Å²) in [5.74, 6) is 0.0245. The molecule has 1 atom stereocenters.